The van der Waals surface area contributed by atoms with E-state index in [1.54, 1.807) is 0 Å². The van der Waals surface area contributed by atoms with Crippen molar-refractivity contribution in [2.24, 2.45) is 0 Å². The van der Waals surface area contributed by atoms with E-state index < -0.39 is 0 Å². The van der Waals surface area contributed by atoms with E-state index in [1.165, 1.54) is 16.3 Å². The van der Waals surface area contributed by atoms with E-state index in [-0.39, 0.29) is 5.91 Å². The number of amides is 1. The second-order valence-electron chi connectivity index (χ2n) is 6.17. The van der Waals surface area contributed by atoms with Crippen molar-refractivity contribution < 1.29 is 9.53 Å². The van der Waals surface area contributed by atoms with Crippen molar-refractivity contribution in [2.45, 2.75) is 30.9 Å². The minimum Gasteiger partial charge on any atom is -0.381 e. The number of aryl methyl sites for hydroxylation is 1. The fourth-order valence-electron chi connectivity index (χ4n) is 3.11. The van der Waals surface area contributed by atoms with Crippen LogP contribution in [0, 0.1) is 0 Å². The molecule has 1 saturated heterocycles. The summed E-state index contributed by atoms with van der Waals surface area (Å²) < 4.78 is 5.37. The Hall–Kier alpha value is -1.52. The van der Waals surface area contributed by atoms with Gasteiger partial charge >= 0.3 is 0 Å². The van der Waals surface area contributed by atoms with Gasteiger partial charge in [-0.2, -0.15) is 11.8 Å². The highest BCUT2D eigenvalue weighted by atomic mass is 32.2. The zero-order valence-corrected chi connectivity index (χ0v) is 14.8. The van der Waals surface area contributed by atoms with Crippen LogP contribution in [0.3, 0.4) is 0 Å². The van der Waals surface area contributed by atoms with Crippen molar-refractivity contribution in [3.05, 3.63) is 48.0 Å². The first-order chi connectivity index (χ1) is 11.8. The molecule has 0 unspecified atom stereocenters. The van der Waals surface area contributed by atoms with Crippen LogP contribution in [0.4, 0.5) is 0 Å². The van der Waals surface area contributed by atoms with Crippen LogP contribution in [0.25, 0.3) is 10.8 Å². The average Bonchev–Trinajstić information content (AvgIpc) is 2.64. The van der Waals surface area contributed by atoms with Crippen LogP contribution in [0.15, 0.2) is 42.5 Å². The molecule has 1 fully saturated rings. The van der Waals surface area contributed by atoms with Crippen molar-refractivity contribution >= 4 is 28.4 Å². The molecule has 2 aromatic carbocycles. The maximum Gasteiger partial charge on any atom is 0.220 e. The van der Waals surface area contributed by atoms with E-state index in [2.05, 4.69) is 47.8 Å². The van der Waals surface area contributed by atoms with Crippen molar-refractivity contribution in [2.75, 3.05) is 25.5 Å². The first kappa shape index (κ1) is 17.3. The lowest BCUT2D eigenvalue weighted by Crippen LogP contribution is -2.27. The molecular weight excluding hydrogens is 318 g/mol. The van der Waals surface area contributed by atoms with Crippen LogP contribution < -0.4 is 5.32 Å². The van der Waals surface area contributed by atoms with E-state index in [1.807, 2.05) is 11.8 Å². The van der Waals surface area contributed by atoms with Crippen molar-refractivity contribution in [1.29, 1.82) is 0 Å². The van der Waals surface area contributed by atoms with Gasteiger partial charge in [0.15, 0.2) is 0 Å². The summed E-state index contributed by atoms with van der Waals surface area (Å²) in [5.74, 6) is 1.14. The minimum atomic E-state index is 0.149. The van der Waals surface area contributed by atoms with Gasteiger partial charge in [-0.15, -0.1) is 0 Å². The number of carbonyl (C=O) groups is 1. The second-order valence-corrected chi connectivity index (χ2v) is 7.58. The molecule has 3 rings (SSSR count). The van der Waals surface area contributed by atoms with Gasteiger partial charge in [0.2, 0.25) is 5.91 Å². The van der Waals surface area contributed by atoms with Gasteiger partial charge < -0.3 is 10.1 Å². The number of carbonyl (C=O) groups excluding carboxylic acids is 1. The SMILES string of the molecule is O=C(CCc1cccc2ccccc12)NCCSC1CCOCC1. The summed E-state index contributed by atoms with van der Waals surface area (Å²) in [5, 5.41) is 6.24. The number of ether oxygens (including phenoxy) is 1. The highest BCUT2D eigenvalue weighted by molar-refractivity contribution is 7.99. The molecule has 0 spiro atoms. The standard InChI is InChI=1S/C20H25NO2S/c22-20(21-12-15-24-18-10-13-23-14-11-18)9-8-17-6-3-5-16-4-1-2-7-19(16)17/h1-7,18H,8-15H2,(H,21,22). The van der Waals surface area contributed by atoms with Gasteiger partial charge in [-0.3, -0.25) is 4.79 Å². The monoisotopic (exact) mass is 343 g/mol. The molecular formula is C20H25NO2S. The molecule has 1 aliphatic heterocycles. The fraction of sp³-hybridized carbons (Fsp3) is 0.450. The quantitative estimate of drug-likeness (QED) is 0.777. The highest BCUT2D eigenvalue weighted by Crippen LogP contribution is 2.21. The Morgan fingerprint density at radius 2 is 1.92 bits per heavy atom. The second kappa shape index (κ2) is 9.09. The molecule has 0 saturated carbocycles. The number of fused-ring (bicyclic) bond motifs is 1. The van der Waals surface area contributed by atoms with Crippen LogP contribution >= 0.6 is 11.8 Å². The molecule has 4 heteroatoms. The number of rotatable bonds is 7. The lowest BCUT2D eigenvalue weighted by molar-refractivity contribution is -0.120. The summed E-state index contributed by atoms with van der Waals surface area (Å²) >= 11 is 1.96. The maximum absolute atomic E-state index is 12.1. The minimum absolute atomic E-state index is 0.149. The number of benzene rings is 2. The van der Waals surface area contributed by atoms with Crippen LogP contribution in [0.5, 0.6) is 0 Å². The summed E-state index contributed by atoms with van der Waals surface area (Å²) in [6.07, 6.45) is 3.62. The smallest absolute Gasteiger partial charge is 0.220 e. The molecule has 128 valence electrons. The largest absolute Gasteiger partial charge is 0.381 e. The Morgan fingerprint density at radius 3 is 2.79 bits per heavy atom. The molecule has 0 aromatic heterocycles. The lowest BCUT2D eigenvalue weighted by Gasteiger charge is -2.21. The van der Waals surface area contributed by atoms with Crippen molar-refractivity contribution in [3.8, 4) is 0 Å². The van der Waals surface area contributed by atoms with Crippen molar-refractivity contribution in [1.82, 2.24) is 5.32 Å². The molecule has 1 amide bonds. The fourth-order valence-corrected chi connectivity index (χ4v) is 4.18. The molecule has 1 N–H and O–H groups in total. The third-order valence-electron chi connectivity index (χ3n) is 4.45. The van der Waals surface area contributed by atoms with Gasteiger partial charge in [0.1, 0.15) is 0 Å². The molecule has 0 bridgehead atoms. The van der Waals surface area contributed by atoms with Crippen LogP contribution in [0.2, 0.25) is 0 Å². The Labute approximate surface area is 148 Å². The molecule has 2 aromatic rings. The van der Waals surface area contributed by atoms with E-state index in [0.29, 0.717) is 11.7 Å². The highest BCUT2D eigenvalue weighted by Gasteiger charge is 2.13. The van der Waals surface area contributed by atoms with E-state index >= 15 is 0 Å². The average molecular weight is 343 g/mol. The van der Waals surface area contributed by atoms with Gasteiger partial charge in [0, 0.05) is 37.2 Å². The zero-order chi connectivity index (χ0) is 16.6. The summed E-state index contributed by atoms with van der Waals surface area (Å²) in [7, 11) is 0. The van der Waals surface area contributed by atoms with E-state index in [4.69, 9.17) is 4.74 Å². The van der Waals surface area contributed by atoms with Crippen LogP contribution in [-0.2, 0) is 16.0 Å². The van der Waals surface area contributed by atoms with E-state index in [0.717, 1.165) is 44.8 Å². The van der Waals surface area contributed by atoms with E-state index in [9.17, 15) is 4.79 Å². The lowest BCUT2D eigenvalue weighted by atomic mass is 10.0. The molecule has 3 nitrogen and oxygen atoms in total. The van der Waals surface area contributed by atoms with Gasteiger partial charge in [-0.1, -0.05) is 42.5 Å². The van der Waals surface area contributed by atoms with Gasteiger partial charge in [-0.05, 0) is 35.6 Å². The molecule has 0 aliphatic carbocycles. The summed E-state index contributed by atoms with van der Waals surface area (Å²) in [4.78, 5) is 12.1. The third kappa shape index (κ3) is 4.99. The molecule has 1 aliphatic rings. The molecule has 24 heavy (non-hydrogen) atoms. The van der Waals surface area contributed by atoms with Crippen molar-refractivity contribution in [3.63, 3.8) is 0 Å². The number of thioether (sulfide) groups is 1. The third-order valence-corrected chi connectivity index (χ3v) is 5.83. The summed E-state index contributed by atoms with van der Waals surface area (Å²) in [6.45, 7) is 2.53. The summed E-state index contributed by atoms with van der Waals surface area (Å²) in [5.41, 5.74) is 1.25. The Balaban J connectivity index is 1.39. The Morgan fingerprint density at radius 1 is 1.12 bits per heavy atom. The first-order valence-corrected chi connectivity index (χ1v) is 9.80. The predicted octanol–water partition coefficient (Wildman–Crippen LogP) is 3.80. The topological polar surface area (TPSA) is 38.3 Å². The molecule has 0 atom stereocenters. The van der Waals surface area contributed by atoms with Gasteiger partial charge in [0.05, 0.1) is 0 Å². The molecule has 1 heterocycles. The van der Waals surface area contributed by atoms with Gasteiger partial charge in [-0.25, -0.2) is 0 Å². The van der Waals surface area contributed by atoms with Crippen LogP contribution in [-0.4, -0.2) is 36.7 Å². The molecule has 0 radical (unpaired) electrons. The Bertz CT molecular complexity index is 662. The number of nitrogens with one attached hydrogen (secondary N) is 1. The zero-order valence-electron chi connectivity index (χ0n) is 14.0. The normalized spacial score (nSPS) is 15.5. The first-order valence-electron chi connectivity index (χ1n) is 8.75. The summed E-state index contributed by atoms with van der Waals surface area (Å²) in [6, 6.07) is 14.7. The maximum atomic E-state index is 12.1. The predicted molar refractivity (Wildman–Crippen MR) is 102 cm³/mol. The van der Waals surface area contributed by atoms with Gasteiger partial charge in [0.25, 0.3) is 0 Å². The number of hydrogen-bond acceptors (Lipinski definition) is 3. The van der Waals surface area contributed by atoms with Crippen LogP contribution in [0.1, 0.15) is 24.8 Å². The number of hydrogen-bond donors (Lipinski definition) is 1. The Kier molecular flexibility index (Phi) is 6.56.